The highest BCUT2D eigenvalue weighted by molar-refractivity contribution is 6.35. The molecule has 0 spiro atoms. The van der Waals surface area contributed by atoms with Crippen molar-refractivity contribution in [2.24, 2.45) is 0 Å². The van der Waals surface area contributed by atoms with Crippen molar-refractivity contribution in [2.75, 3.05) is 11.9 Å². The van der Waals surface area contributed by atoms with Gasteiger partial charge in [0.25, 0.3) is 0 Å². The first-order valence-electron chi connectivity index (χ1n) is 9.85. The molecule has 0 saturated carbocycles. The van der Waals surface area contributed by atoms with Crippen molar-refractivity contribution >= 4 is 28.9 Å². The van der Waals surface area contributed by atoms with Gasteiger partial charge >= 0.3 is 0 Å². The van der Waals surface area contributed by atoms with E-state index in [0.717, 1.165) is 22.4 Å². The number of hydrogen-bond donors (Lipinski definition) is 1. The van der Waals surface area contributed by atoms with E-state index in [-0.39, 0.29) is 0 Å². The molecule has 0 amide bonds. The first kappa shape index (κ1) is 22.1. The minimum absolute atomic E-state index is 0.321. The molecule has 3 nitrogen and oxygen atoms in total. The lowest BCUT2D eigenvalue weighted by Gasteiger charge is -2.18. The van der Waals surface area contributed by atoms with Gasteiger partial charge in [-0.25, -0.2) is 0 Å². The van der Waals surface area contributed by atoms with Gasteiger partial charge < -0.3 is 14.8 Å². The SMILES string of the molecule is C=CCc1cc(CNc2ccccc2)cc(OCC)c1OCc1ccc(Cl)cc1Cl. The van der Waals surface area contributed by atoms with Gasteiger partial charge in [0, 0.05) is 33.4 Å². The Labute approximate surface area is 188 Å². The van der Waals surface area contributed by atoms with E-state index in [1.807, 2.05) is 55.5 Å². The minimum atomic E-state index is 0.321. The molecular weight excluding hydrogens is 417 g/mol. The van der Waals surface area contributed by atoms with Crippen LogP contribution in [0.3, 0.4) is 0 Å². The molecule has 156 valence electrons. The maximum atomic E-state index is 6.30. The molecule has 0 aliphatic carbocycles. The molecule has 0 heterocycles. The molecule has 0 aromatic heterocycles. The molecule has 0 saturated heterocycles. The number of allylic oxidation sites excluding steroid dienone is 1. The fourth-order valence-corrected chi connectivity index (χ4v) is 3.57. The van der Waals surface area contributed by atoms with Gasteiger partial charge in [-0.15, -0.1) is 6.58 Å². The molecule has 1 N–H and O–H groups in total. The monoisotopic (exact) mass is 441 g/mol. The summed E-state index contributed by atoms with van der Waals surface area (Å²) in [6, 6.07) is 19.6. The van der Waals surface area contributed by atoms with Crippen LogP contribution in [0.2, 0.25) is 10.0 Å². The minimum Gasteiger partial charge on any atom is -0.490 e. The highest BCUT2D eigenvalue weighted by Crippen LogP contribution is 2.35. The zero-order valence-corrected chi connectivity index (χ0v) is 18.5. The average Bonchev–Trinajstić information content (AvgIpc) is 2.74. The number of nitrogens with one attached hydrogen (secondary N) is 1. The standard InChI is InChI=1S/C25H25Cl2NO2/c1-3-8-19-13-18(16-28-22-9-6-5-7-10-22)14-24(29-4-2)25(19)30-17-20-11-12-21(26)15-23(20)27/h3,5-7,9-15,28H,1,4,8,16-17H2,2H3. The van der Waals surface area contributed by atoms with Crippen molar-refractivity contribution in [3.63, 3.8) is 0 Å². The van der Waals surface area contributed by atoms with Crippen molar-refractivity contribution < 1.29 is 9.47 Å². The average molecular weight is 442 g/mol. The predicted octanol–water partition coefficient (Wildman–Crippen LogP) is 7.31. The third-order valence-corrected chi connectivity index (χ3v) is 5.10. The molecule has 0 aliphatic rings. The summed E-state index contributed by atoms with van der Waals surface area (Å²) < 4.78 is 12.1. The van der Waals surface area contributed by atoms with Gasteiger partial charge in [0.2, 0.25) is 0 Å². The number of rotatable bonds is 10. The maximum absolute atomic E-state index is 6.30. The van der Waals surface area contributed by atoms with Crippen LogP contribution in [0.4, 0.5) is 5.69 Å². The lowest BCUT2D eigenvalue weighted by atomic mass is 10.0. The fourth-order valence-electron chi connectivity index (χ4n) is 3.11. The Kier molecular flexibility index (Phi) is 8.06. The summed E-state index contributed by atoms with van der Waals surface area (Å²) in [4.78, 5) is 0. The molecule has 0 unspecified atom stereocenters. The topological polar surface area (TPSA) is 30.5 Å². The highest BCUT2D eigenvalue weighted by Gasteiger charge is 2.14. The molecule has 0 fully saturated rings. The maximum Gasteiger partial charge on any atom is 0.165 e. The predicted molar refractivity (Wildman–Crippen MR) is 126 cm³/mol. The van der Waals surface area contributed by atoms with Gasteiger partial charge in [0.15, 0.2) is 11.5 Å². The van der Waals surface area contributed by atoms with Crippen LogP contribution in [0.15, 0.2) is 73.3 Å². The van der Waals surface area contributed by atoms with Crippen LogP contribution in [0, 0.1) is 0 Å². The number of anilines is 1. The van der Waals surface area contributed by atoms with Gasteiger partial charge in [0.05, 0.1) is 6.61 Å². The summed E-state index contributed by atoms with van der Waals surface area (Å²) in [5.41, 5.74) is 4.06. The van der Waals surface area contributed by atoms with Crippen molar-refractivity contribution in [2.45, 2.75) is 26.5 Å². The zero-order valence-electron chi connectivity index (χ0n) is 17.0. The third kappa shape index (κ3) is 5.94. The van der Waals surface area contributed by atoms with Crippen molar-refractivity contribution in [3.8, 4) is 11.5 Å². The fraction of sp³-hybridized carbons (Fsp3) is 0.200. The van der Waals surface area contributed by atoms with Crippen LogP contribution in [-0.4, -0.2) is 6.61 Å². The second kappa shape index (κ2) is 11.0. The van der Waals surface area contributed by atoms with Gasteiger partial charge in [-0.2, -0.15) is 0 Å². The van der Waals surface area contributed by atoms with E-state index in [4.69, 9.17) is 32.7 Å². The largest absolute Gasteiger partial charge is 0.490 e. The van der Waals surface area contributed by atoms with E-state index in [0.29, 0.717) is 47.7 Å². The lowest BCUT2D eigenvalue weighted by molar-refractivity contribution is 0.267. The van der Waals surface area contributed by atoms with Gasteiger partial charge in [-0.05, 0) is 55.3 Å². The summed E-state index contributed by atoms with van der Waals surface area (Å²) in [6.45, 7) is 7.39. The second-order valence-electron chi connectivity index (χ2n) is 6.75. The summed E-state index contributed by atoms with van der Waals surface area (Å²) in [5, 5.41) is 4.61. The van der Waals surface area contributed by atoms with Crippen molar-refractivity contribution in [1.29, 1.82) is 0 Å². The summed E-state index contributed by atoms with van der Waals surface area (Å²) in [5.74, 6) is 1.43. The Hall–Kier alpha value is -2.62. The molecule has 0 bridgehead atoms. The number of para-hydroxylation sites is 1. The first-order valence-corrected chi connectivity index (χ1v) is 10.6. The summed E-state index contributed by atoms with van der Waals surface area (Å²) >= 11 is 12.3. The molecule has 0 atom stereocenters. The molecule has 30 heavy (non-hydrogen) atoms. The van der Waals surface area contributed by atoms with Gasteiger partial charge in [-0.1, -0.05) is 53.5 Å². The summed E-state index contributed by atoms with van der Waals surface area (Å²) in [6.07, 6.45) is 2.53. The normalized spacial score (nSPS) is 10.5. The first-order chi connectivity index (χ1) is 14.6. The van der Waals surface area contributed by atoms with Crippen LogP contribution in [-0.2, 0) is 19.6 Å². The third-order valence-electron chi connectivity index (χ3n) is 4.51. The van der Waals surface area contributed by atoms with E-state index in [2.05, 4.69) is 18.0 Å². The highest BCUT2D eigenvalue weighted by atomic mass is 35.5. The Morgan fingerprint density at radius 1 is 0.967 bits per heavy atom. The molecular formula is C25H25Cl2NO2. The quantitative estimate of drug-likeness (QED) is 0.334. The number of hydrogen-bond acceptors (Lipinski definition) is 3. The number of benzene rings is 3. The lowest BCUT2D eigenvalue weighted by Crippen LogP contribution is -2.06. The van der Waals surface area contributed by atoms with Gasteiger partial charge in [0.1, 0.15) is 6.61 Å². The van der Waals surface area contributed by atoms with E-state index in [9.17, 15) is 0 Å². The Morgan fingerprint density at radius 2 is 1.77 bits per heavy atom. The molecule has 0 radical (unpaired) electrons. The van der Waals surface area contributed by atoms with Gasteiger partial charge in [-0.3, -0.25) is 0 Å². The molecule has 3 rings (SSSR count). The zero-order chi connectivity index (χ0) is 21.3. The second-order valence-corrected chi connectivity index (χ2v) is 7.60. The van der Waals surface area contributed by atoms with Crippen LogP contribution in [0.1, 0.15) is 23.6 Å². The molecule has 0 aliphatic heterocycles. The van der Waals surface area contributed by atoms with Crippen LogP contribution >= 0.6 is 23.2 Å². The van der Waals surface area contributed by atoms with E-state index in [1.54, 1.807) is 12.1 Å². The van der Waals surface area contributed by atoms with E-state index < -0.39 is 0 Å². The molecule has 5 heteroatoms. The number of halogens is 2. The summed E-state index contributed by atoms with van der Waals surface area (Å²) in [7, 11) is 0. The van der Waals surface area contributed by atoms with Crippen LogP contribution < -0.4 is 14.8 Å². The smallest absolute Gasteiger partial charge is 0.165 e. The van der Waals surface area contributed by atoms with E-state index >= 15 is 0 Å². The van der Waals surface area contributed by atoms with E-state index in [1.165, 1.54) is 0 Å². The molecule has 3 aromatic carbocycles. The molecule has 3 aromatic rings. The Balaban J connectivity index is 1.85. The van der Waals surface area contributed by atoms with Crippen molar-refractivity contribution in [3.05, 3.63) is 100 Å². The Morgan fingerprint density at radius 3 is 2.47 bits per heavy atom. The number of ether oxygens (including phenoxy) is 2. The van der Waals surface area contributed by atoms with Crippen LogP contribution in [0.5, 0.6) is 11.5 Å². The van der Waals surface area contributed by atoms with Crippen LogP contribution in [0.25, 0.3) is 0 Å². The Bertz CT molecular complexity index is 990. The van der Waals surface area contributed by atoms with Crippen molar-refractivity contribution in [1.82, 2.24) is 0 Å².